The van der Waals surface area contributed by atoms with Crippen LogP contribution < -0.4 is 14.4 Å². The van der Waals surface area contributed by atoms with Crippen LogP contribution in [0, 0.1) is 17.0 Å². The molecule has 12 heteroatoms. The first kappa shape index (κ1) is 33.9. The molecule has 2 saturated carbocycles. The molecular formula is C40H47F2N5O5. The van der Waals surface area contributed by atoms with E-state index in [2.05, 4.69) is 14.8 Å². The Labute approximate surface area is 302 Å². The number of aromatic hydroxyl groups is 1. The van der Waals surface area contributed by atoms with Crippen molar-refractivity contribution in [1.29, 1.82) is 0 Å². The van der Waals surface area contributed by atoms with Gasteiger partial charge in [0.1, 0.15) is 34.0 Å². The van der Waals surface area contributed by atoms with Gasteiger partial charge in [0.2, 0.25) is 5.88 Å². The molecule has 3 saturated heterocycles. The van der Waals surface area contributed by atoms with Crippen molar-refractivity contribution in [1.82, 2.24) is 19.9 Å². The van der Waals surface area contributed by atoms with Gasteiger partial charge in [0.15, 0.2) is 5.82 Å². The predicted molar refractivity (Wildman–Crippen MR) is 193 cm³/mol. The zero-order chi connectivity index (χ0) is 35.5. The average molecular weight is 716 g/mol. The van der Waals surface area contributed by atoms with Crippen molar-refractivity contribution in [2.45, 2.75) is 88.3 Å². The van der Waals surface area contributed by atoms with E-state index in [4.69, 9.17) is 28.9 Å². The van der Waals surface area contributed by atoms with Crippen LogP contribution in [0.2, 0.25) is 0 Å². The summed E-state index contributed by atoms with van der Waals surface area (Å²) in [6.45, 7) is 4.74. The standard InChI is InChI=1S/C40H47F2N5O5/c1-49-37-32-35(33(42)34(43-37)28-23-27(48)22-25-6-2-7-29(41)31(25)28)44-38(45-36(32)46-16-5-19-50-21-18-46)51-24-39-11-3-8-30(39)47(17-4-12-39)26-9-13-40(14-10-26)15-20-52-40/h2,6-7,22-23,26,30,48H,3-5,8-21,24H2,1H3. The van der Waals surface area contributed by atoms with Gasteiger partial charge in [-0.15, -0.1) is 0 Å². The van der Waals surface area contributed by atoms with Gasteiger partial charge in [-0.05, 0) is 94.3 Å². The quantitative estimate of drug-likeness (QED) is 0.212. The summed E-state index contributed by atoms with van der Waals surface area (Å²) < 4.78 is 56.7. The highest BCUT2D eigenvalue weighted by Gasteiger charge is 2.52. The van der Waals surface area contributed by atoms with Crippen molar-refractivity contribution in [3.05, 3.63) is 42.0 Å². The highest BCUT2D eigenvalue weighted by molar-refractivity contribution is 6.02. The summed E-state index contributed by atoms with van der Waals surface area (Å²) >= 11 is 0. The first-order chi connectivity index (χ1) is 25.4. The van der Waals surface area contributed by atoms with Gasteiger partial charge in [-0.2, -0.15) is 9.97 Å². The maximum Gasteiger partial charge on any atom is 0.319 e. The number of phenols is 1. The number of fused-ring (bicyclic) bond motifs is 3. The molecule has 1 N–H and O–H groups in total. The lowest BCUT2D eigenvalue weighted by molar-refractivity contribution is -0.175. The lowest BCUT2D eigenvalue weighted by atomic mass is 9.72. The number of halogens is 2. The number of hydrogen-bond donors (Lipinski definition) is 1. The number of phenolic OH excluding ortho intramolecular Hbond substituents is 1. The second kappa shape index (κ2) is 13.5. The second-order valence-electron chi connectivity index (χ2n) is 15.5. The van der Waals surface area contributed by atoms with Gasteiger partial charge in [0.05, 0.1) is 32.5 Å². The zero-order valence-corrected chi connectivity index (χ0v) is 29.8. The minimum Gasteiger partial charge on any atom is -0.508 e. The molecule has 2 aromatic carbocycles. The van der Waals surface area contributed by atoms with E-state index in [1.165, 1.54) is 44.6 Å². The fraction of sp³-hybridized carbons (Fsp3) is 0.575. The summed E-state index contributed by atoms with van der Waals surface area (Å²) in [5.74, 6) is -0.893. The smallest absolute Gasteiger partial charge is 0.319 e. The highest BCUT2D eigenvalue weighted by atomic mass is 19.1. The van der Waals surface area contributed by atoms with Gasteiger partial charge in [-0.25, -0.2) is 13.8 Å². The van der Waals surface area contributed by atoms with Crippen LogP contribution in [0.15, 0.2) is 30.3 Å². The molecule has 9 rings (SSSR count). The van der Waals surface area contributed by atoms with Crippen molar-refractivity contribution < 1.29 is 32.8 Å². The van der Waals surface area contributed by atoms with Gasteiger partial charge in [-0.1, -0.05) is 18.6 Å². The normalized spacial score (nSPS) is 28.2. The number of methoxy groups -OCH3 is 1. The van der Waals surface area contributed by atoms with E-state index < -0.39 is 11.6 Å². The van der Waals surface area contributed by atoms with Gasteiger partial charge in [-0.3, -0.25) is 4.90 Å². The Morgan fingerprint density at radius 1 is 0.904 bits per heavy atom. The Hall–Kier alpha value is -3.87. The molecule has 0 radical (unpaired) electrons. The average Bonchev–Trinajstić information content (AvgIpc) is 3.39. The maximum atomic E-state index is 17.1. The van der Waals surface area contributed by atoms with Crippen LogP contribution in [0.25, 0.3) is 32.9 Å². The zero-order valence-electron chi connectivity index (χ0n) is 29.8. The number of likely N-dealkylation sites (tertiary alicyclic amines) is 1. The SMILES string of the molecule is COc1nc(-c2cc(O)cc3cccc(F)c23)c(F)c2nc(OCC34CCCC3N(C3CCC5(CCO5)CC3)CCC4)nc(N3CCCOCC3)c12. The van der Waals surface area contributed by atoms with E-state index >= 15 is 8.78 Å². The highest BCUT2D eigenvalue weighted by Crippen LogP contribution is 2.51. The molecule has 2 atom stereocenters. The molecule has 2 aromatic heterocycles. The first-order valence-corrected chi connectivity index (χ1v) is 19.1. The van der Waals surface area contributed by atoms with E-state index in [-0.39, 0.29) is 50.8 Å². The molecule has 2 unspecified atom stereocenters. The molecule has 0 bridgehead atoms. The van der Waals surface area contributed by atoms with Crippen molar-refractivity contribution in [3.63, 3.8) is 0 Å². The first-order valence-electron chi connectivity index (χ1n) is 19.1. The molecule has 276 valence electrons. The number of ether oxygens (including phenoxy) is 4. The number of pyridine rings is 1. The molecule has 1 spiro atoms. The third-order valence-electron chi connectivity index (χ3n) is 12.7. The van der Waals surface area contributed by atoms with Gasteiger partial charge >= 0.3 is 6.01 Å². The van der Waals surface area contributed by atoms with Gasteiger partial charge in [0.25, 0.3) is 0 Å². The molecule has 3 aliphatic heterocycles. The number of anilines is 1. The fourth-order valence-electron chi connectivity index (χ4n) is 10.1. The summed E-state index contributed by atoms with van der Waals surface area (Å²) in [7, 11) is 1.46. The van der Waals surface area contributed by atoms with Gasteiger partial charge < -0.3 is 29.0 Å². The van der Waals surface area contributed by atoms with Crippen LogP contribution in [-0.4, -0.2) is 95.8 Å². The third-order valence-corrected chi connectivity index (χ3v) is 12.7. The van der Waals surface area contributed by atoms with Crippen LogP contribution in [0.5, 0.6) is 17.6 Å². The Morgan fingerprint density at radius 3 is 2.56 bits per heavy atom. The van der Waals surface area contributed by atoms with Crippen molar-refractivity contribution >= 4 is 27.5 Å². The summed E-state index contributed by atoms with van der Waals surface area (Å²) in [6, 6.07) is 8.38. The van der Waals surface area contributed by atoms with Crippen LogP contribution in [0.1, 0.15) is 70.6 Å². The van der Waals surface area contributed by atoms with E-state index in [1.54, 1.807) is 12.1 Å². The van der Waals surface area contributed by atoms with Crippen molar-refractivity contribution in [3.8, 4) is 28.9 Å². The molecule has 5 fully saturated rings. The summed E-state index contributed by atoms with van der Waals surface area (Å²) in [5, 5.41) is 11.5. The molecule has 5 heterocycles. The molecule has 5 aliphatic rings. The van der Waals surface area contributed by atoms with E-state index in [9.17, 15) is 5.11 Å². The second-order valence-corrected chi connectivity index (χ2v) is 15.5. The maximum absolute atomic E-state index is 17.1. The topological polar surface area (TPSA) is 102 Å². The fourth-order valence-corrected chi connectivity index (χ4v) is 10.1. The van der Waals surface area contributed by atoms with Crippen LogP contribution in [0.4, 0.5) is 14.6 Å². The largest absolute Gasteiger partial charge is 0.508 e. The summed E-state index contributed by atoms with van der Waals surface area (Å²) in [4.78, 5) is 19.1. The number of piperidine rings is 1. The van der Waals surface area contributed by atoms with Crippen LogP contribution >= 0.6 is 0 Å². The Kier molecular flexibility index (Phi) is 8.82. The molecule has 2 aliphatic carbocycles. The monoisotopic (exact) mass is 715 g/mol. The number of benzene rings is 2. The lowest BCUT2D eigenvalue weighted by Crippen LogP contribution is -2.58. The number of hydrogen-bond acceptors (Lipinski definition) is 10. The van der Waals surface area contributed by atoms with E-state index in [0.29, 0.717) is 61.6 Å². The summed E-state index contributed by atoms with van der Waals surface area (Å²) in [5.41, 5.74) is 0.00276. The Morgan fingerprint density at radius 2 is 1.75 bits per heavy atom. The van der Waals surface area contributed by atoms with E-state index in [1.807, 2.05) is 0 Å². The van der Waals surface area contributed by atoms with E-state index in [0.717, 1.165) is 64.5 Å². The molecule has 52 heavy (non-hydrogen) atoms. The summed E-state index contributed by atoms with van der Waals surface area (Å²) in [6.07, 6.45) is 12.2. The number of rotatable bonds is 7. The van der Waals surface area contributed by atoms with Crippen LogP contribution in [0.3, 0.4) is 0 Å². The van der Waals surface area contributed by atoms with Crippen molar-refractivity contribution in [2.75, 3.05) is 58.1 Å². The predicted octanol–water partition coefficient (Wildman–Crippen LogP) is 7.18. The minimum atomic E-state index is -0.767. The molecule has 10 nitrogen and oxygen atoms in total. The van der Waals surface area contributed by atoms with Gasteiger partial charge in [0, 0.05) is 48.1 Å². The Balaban J connectivity index is 1.10. The molecule has 0 amide bonds. The minimum absolute atomic E-state index is 0.0278. The number of aromatic nitrogens is 3. The molecule has 4 aromatic rings. The third kappa shape index (κ3) is 5.81. The number of nitrogens with zero attached hydrogens (tertiary/aromatic N) is 5. The Bertz CT molecular complexity index is 1980. The lowest BCUT2D eigenvalue weighted by Gasteiger charge is -2.53. The molecular weight excluding hydrogens is 668 g/mol. The van der Waals surface area contributed by atoms with Crippen LogP contribution in [-0.2, 0) is 9.47 Å². The van der Waals surface area contributed by atoms with Crippen molar-refractivity contribution in [2.24, 2.45) is 5.41 Å².